The summed E-state index contributed by atoms with van der Waals surface area (Å²) in [5.41, 5.74) is 1.16. The minimum atomic E-state index is 0.719. The Kier molecular flexibility index (Phi) is 5.16. The number of hydrogen-bond acceptors (Lipinski definition) is 3. The van der Waals surface area contributed by atoms with Crippen LogP contribution >= 0.6 is 11.8 Å². The van der Waals surface area contributed by atoms with E-state index < -0.39 is 0 Å². The fraction of sp³-hybridized carbons (Fsp3) is 0.250. The van der Waals surface area contributed by atoms with E-state index in [4.69, 9.17) is 4.74 Å². The van der Waals surface area contributed by atoms with Crippen LogP contribution in [0.2, 0.25) is 0 Å². The highest BCUT2D eigenvalue weighted by Crippen LogP contribution is 2.20. The first kappa shape index (κ1) is 13.8. The maximum absolute atomic E-state index is 5.77. The molecule has 0 spiro atoms. The van der Waals surface area contributed by atoms with Crippen LogP contribution < -0.4 is 9.64 Å². The van der Waals surface area contributed by atoms with Gasteiger partial charge < -0.3 is 9.64 Å². The average Bonchev–Trinajstić information content (AvgIpc) is 2.45. The summed E-state index contributed by atoms with van der Waals surface area (Å²) >= 11 is 1.81. The van der Waals surface area contributed by atoms with Crippen LogP contribution in [0.3, 0.4) is 0 Å². The third-order valence-electron chi connectivity index (χ3n) is 2.70. The van der Waals surface area contributed by atoms with Crippen LogP contribution in [0.15, 0.2) is 59.5 Å². The second kappa shape index (κ2) is 7.10. The Labute approximate surface area is 119 Å². The molecule has 0 aliphatic rings. The van der Waals surface area contributed by atoms with Gasteiger partial charge in [0.25, 0.3) is 0 Å². The molecule has 0 aliphatic carbocycles. The van der Waals surface area contributed by atoms with E-state index in [2.05, 4.69) is 41.3 Å². The minimum Gasteiger partial charge on any atom is -0.493 e. The maximum atomic E-state index is 5.77. The van der Waals surface area contributed by atoms with E-state index in [1.807, 2.05) is 44.1 Å². The van der Waals surface area contributed by atoms with Crippen LogP contribution in [0.1, 0.15) is 0 Å². The summed E-state index contributed by atoms with van der Waals surface area (Å²) in [6.45, 7) is 0.719. The Morgan fingerprint density at radius 2 is 1.79 bits per heavy atom. The first-order valence-electron chi connectivity index (χ1n) is 6.34. The smallest absolute Gasteiger partial charge is 0.121 e. The highest BCUT2D eigenvalue weighted by Gasteiger charge is 1.99. The Balaban J connectivity index is 1.78. The van der Waals surface area contributed by atoms with Crippen molar-refractivity contribution in [3.8, 4) is 5.75 Å². The van der Waals surface area contributed by atoms with Gasteiger partial charge in [0.05, 0.1) is 6.61 Å². The number of benzene rings is 2. The molecular weight excluding hydrogens is 254 g/mol. The Morgan fingerprint density at radius 1 is 1.00 bits per heavy atom. The largest absolute Gasteiger partial charge is 0.493 e. The zero-order valence-corrected chi connectivity index (χ0v) is 12.2. The van der Waals surface area contributed by atoms with Gasteiger partial charge in [-0.15, -0.1) is 11.8 Å². The zero-order chi connectivity index (χ0) is 13.5. The molecule has 0 aliphatic heterocycles. The number of ether oxygens (including phenoxy) is 1. The molecule has 100 valence electrons. The highest BCUT2D eigenvalue weighted by atomic mass is 32.2. The summed E-state index contributed by atoms with van der Waals surface area (Å²) < 4.78 is 5.77. The molecule has 2 nitrogen and oxygen atoms in total. The fourth-order valence-electron chi connectivity index (χ4n) is 1.69. The molecule has 0 amide bonds. The normalized spacial score (nSPS) is 10.2. The van der Waals surface area contributed by atoms with Crippen molar-refractivity contribution in [1.82, 2.24) is 0 Å². The van der Waals surface area contributed by atoms with Gasteiger partial charge in [-0.1, -0.05) is 24.3 Å². The lowest BCUT2D eigenvalue weighted by Gasteiger charge is -2.14. The van der Waals surface area contributed by atoms with Gasteiger partial charge in [0, 0.05) is 36.5 Å². The second-order valence-electron chi connectivity index (χ2n) is 4.40. The number of rotatable bonds is 6. The van der Waals surface area contributed by atoms with E-state index in [1.54, 1.807) is 0 Å². The lowest BCUT2D eigenvalue weighted by Crippen LogP contribution is -2.08. The van der Waals surface area contributed by atoms with Crippen LogP contribution in [-0.4, -0.2) is 26.5 Å². The van der Waals surface area contributed by atoms with Crippen molar-refractivity contribution in [3.05, 3.63) is 54.6 Å². The predicted octanol–water partition coefficient (Wildman–Crippen LogP) is 3.92. The molecule has 0 saturated carbocycles. The second-order valence-corrected chi connectivity index (χ2v) is 5.57. The van der Waals surface area contributed by atoms with E-state index in [9.17, 15) is 0 Å². The monoisotopic (exact) mass is 273 g/mol. The van der Waals surface area contributed by atoms with Gasteiger partial charge in [-0.2, -0.15) is 0 Å². The van der Waals surface area contributed by atoms with E-state index >= 15 is 0 Å². The van der Waals surface area contributed by atoms with Gasteiger partial charge in [0.15, 0.2) is 0 Å². The molecule has 0 N–H and O–H groups in total. The molecular formula is C16H19NOS. The molecule has 0 heterocycles. The molecule has 0 saturated heterocycles. The molecule has 2 aromatic rings. The van der Waals surface area contributed by atoms with Crippen LogP contribution in [0.4, 0.5) is 5.69 Å². The van der Waals surface area contributed by atoms with E-state index in [1.165, 1.54) is 4.90 Å². The van der Waals surface area contributed by atoms with Crippen molar-refractivity contribution in [2.45, 2.75) is 4.90 Å². The van der Waals surface area contributed by atoms with Gasteiger partial charge in [-0.3, -0.25) is 0 Å². The molecule has 0 atom stereocenters. The minimum absolute atomic E-state index is 0.719. The van der Waals surface area contributed by atoms with Crippen LogP contribution in [0.25, 0.3) is 0 Å². The standard InChI is InChI=1S/C16H19NOS/c1-17(2)14-7-6-8-15(13-14)18-11-12-19-16-9-4-3-5-10-16/h3-10,13H,11-12H2,1-2H3. The molecule has 19 heavy (non-hydrogen) atoms. The Bertz CT molecular complexity index is 499. The molecule has 0 unspecified atom stereocenters. The number of nitrogens with zero attached hydrogens (tertiary/aromatic N) is 1. The van der Waals surface area contributed by atoms with Crippen molar-refractivity contribution in [1.29, 1.82) is 0 Å². The molecule has 0 aromatic heterocycles. The topological polar surface area (TPSA) is 12.5 Å². The fourth-order valence-corrected chi connectivity index (χ4v) is 2.44. The molecule has 2 rings (SSSR count). The zero-order valence-electron chi connectivity index (χ0n) is 11.4. The van der Waals surface area contributed by atoms with Crippen molar-refractivity contribution in [2.75, 3.05) is 31.4 Å². The van der Waals surface area contributed by atoms with Crippen molar-refractivity contribution < 1.29 is 4.74 Å². The number of anilines is 1. The molecule has 3 heteroatoms. The quantitative estimate of drug-likeness (QED) is 0.584. The average molecular weight is 273 g/mol. The number of hydrogen-bond donors (Lipinski definition) is 0. The maximum Gasteiger partial charge on any atom is 0.121 e. The van der Waals surface area contributed by atoms with Crippen molar-refractivity contribution >= 4 is 17.4 Å². The van der Waals surface area contributed by atoms with Crippen LogP contribution in [0.5, 0.6) is 5.75 Å². The first-order chi connectivity index (χ1) is 9.25. The van der Waals surface area contributed by atoms with Gasteiger partial charge in [0.1, 0.15) is 5.75 Å². The van der Waals surface area contributed by atoms with E-state index in [0.29, 0.717) is 0 Å². The third-order valence-corrected chi connectivity index (χ3v) is 3.67. The van der Waals surface area contributed by atoms with Gasteiger partial charge in [0.2, 0.25) is 0 Å². The van der Waals surface area contributed by atoms with Crippen molar-refractivity contribution in [3.63, 3.8) is 0 Å². The molecule has 2 aromatic carbocycles. The summed E-state index contributed by atoms with van der Waals surface area (Å²) in [7, 11) is 4.06. The van der Waals surface area contributed by atoms with Gasteiger partial charge in [-0.25, -0.2) is 0 Å². The molecule has 0 radical (unpaired) electrons. The van der Waals surface area contributed by atoms with Crippen molar-refractivity contribution in [2.24, 2.45) is 0 Å². The third kappa shape index (κ3) is 4.52. The summed E-state index contributed by atoms with van der Waals surface area (Å²) in [4.78, 5) is 3.36. The summed E-state index contributed by atoms with van der Waals surface area (Å²) in [6.07, 6.45) is 0. The highest BCUT2D eigenvalue weighted by molar-refractivity contribution is 7.99. The van der Waals surface area contributed by atoms with Crippen LogP contribution in [0, 0.1) is 0 Å². The summed E-state index contributed by atoms with van der Waals surface area (Å²) in [5, 5.41) is 0. The van der Waals surface area contributed by atoms with E-state index in [0.717, 1.165) is 23.8 Å². The SMILES string of the molecule is CN(C)c1cccc(OCCSc2ccccc2)c1. The predicted molar refractivity (Wildman–Crippen MR) is 83.4 cm³/mol. The van der Waals surface area contributed by atoms with Crippen LogP contribution in [-0.2, 0) is 0 Å². The Morgan fingerprint density at radius 3 is 2.53 bits per heavy atom. The first-order valence-corrected chi connectivity index (χ1v) is 7.32. The van der Waals surface area contributed by atoms with Gasteiger partial charge >= 0.3 is 0 Å². The summed E-state index contributed by atoms with van der Waals surface area (Å²) in [5.74, 6) is 1.88. The lowest BCUT2D eigenvalue weighted by atomic mass is 10.3. The lowest BCUT2D eigenvalue weighted by molar-refractivity contribution is 0.344. The molecule has 0 bridgehead atoms. The van der Waals surface area contributed by atoms with E-state index in [-0.39, 0.29) is 0 Å². The number of thioether (sulfide) groups is 1. The van der Waals surface area contributed by atoms with Gasteiger partial charge in [-0.05, 0) is 24.3 Å². The molecule has 0 fully saturated rings. The Hall–Kier alpha value is -1.61. The summed E-state index contributed by atoms with van der Waals surface area (Å²) in [6, 6.07) is 18.6.